The summed E-state index contributed by atoms with van der Waals surface area (Å²) in [6.45, 7) is 5.33. The zero-order valence-electron chi connectivity index (χ0n) is 19.6. The van der Waals surface area contributed by atoms with Crippen LogP contribution in [0.15, 0.2) is 67.0 Å². The first-order valence-electron chi connectivity index (χ1n) is 11.1. The molecule has 3 heterocycles. The minimum atomic E-state index is -0.730. The molecule has 5 rings (SSSR count). The van der Waals surface area contributed by atoms with Gasteiger partial charge in [0.1, 0.15) is 17.2 Å². The first kappa shape index (κ1) is 23.1. The number of rotatable bonds is 4. The monoisotopic (exact) mass is 486 g/mol. The van der Waals surface area contributed by atoms with E-state index >= 15 is 0 Å². The Balaban J connectivity index is 1.75. The molecule has 0 unspecified atom stereocenters. The third kappa shape index (κ3) is 3.65. The van der Waals surface area contributed by atoms with E-state index in [1.165, 1.54) is 41.0 Å². The van der Waals surface area contributed by atoms with E-state index in [4.69, 9.17) is 0 Å². The van der Waals surface area contributed by atoms with E-state index < -0.39 is 29.3 Å². The lowest BCUT2D eigenvalue weighted by molar-refractivity contribution is -0.577. The largest absolute Gasteiger partial charge is 0.858 e. The van der Waals surface area contributed by atoms with Crippen molar-refractivity contribution in [3.8, 4) is 11.6 Å². The highest BCUT2D eigenvalue weighted by Gasteiger charge is 2.47. The number of halogens is 2. The van der Waals surface area contributed by atoms with Gasteiger partial charge in [0, 0.05) is 17.2 Å². The summed E-state index contributed by atoms with van der Waals surface area (Å²) in [6.07, 6.45) is 3.34. The van der Waals surface area contributed by atoms with Gasteiger partial charge in [-0.3, -0.25) is 9.59 Å². The second kappa shape index (κ2) is 8.53. The summed E-state index contributed by atoms with van der Waals surface area (Å²) in [6, 6.07) is 11.9. The number of hydrogen-bond donors (Lipinski definition) is 0. The molecule has 0 spiro atoms. The normalized spacial score (nSPS) is 13.8. The lowest BCUT2D eigenvalue weighted by atomic mass is 10.0. The van der Waals surface area contributed by atoms with Crippen LogP contribution in [0.1, 0.15) is 22.4 Å². The molecule has 2 amide bonds. The SMILES string of the molecule is Cc1cc[n+](C2=C(c3c(C)nn(-c4ccc(F)cc4)c3[O-])C(=O)N(c3ccc(F)cc3)C2=O)cc1C. The number of hydrogen-bond acceptors (Lipinski definition) is 4. The van der Waals surface area contributed by atoms with E-state index in [0.29, 0.717) is 5.69 Å². The third-order valence-corrected chi connectivity index (χ3v) is 6.18. The second-order valence-corrected chi connectivity index (χ2v) is 8.52. The first-order valence-corrected chi connectivity index (χ1v) is 11.1. The maximum Gasteiger partial charge on any atom is 0.331 e. The van der Waals surface area contributed by atoms with Crippen molar-refractivity contribution >= 4 is 28.8 Å². The number of pyridine rings is 1. The minimum Gasteiger partial charge on any atom is -0.858 e. The van der Waals surface area contributed by atoms with Gasteiger partial charge in [-0.05, 0) is 80.7 Å². The highest BCUT2D eigenvalue weighted by Crippen LogP contribution is 2.38. The van der Waals surface area contributed by atoms with Crippen molar-refractivity contribution in [3.63, 3.8) is 0 Å². The van der Waals surface area contributed by atoms with Gasteiger partial charge in [-0.25, -0.2) is 18.4 Å². The molecule has 0 aliphatic carbocycles. The molecule has 0 atom stereocenters. The van der Waals surface area contributed by atoms with E-state index in [2.05, 4.69) is 5.10 Å². The molecule has 2 aromatic heterocycles. The number of carbonyl (C=O) groups is 2. The van der Waals surface area contributed by atoms with E-state index in [0.717, 1.165) is 32.8 Å². The molecule has 180 valence electrons. The zero-order valence-corrected chi connectivity index (χ0v) is 19.6. The lowest BCUT2D eigenvalue weighted by Crippen LogP contribution is -2.40. The minimum absolute atomic E-state index is 0.0220. The number of anilines is 1. The molecular weight excluding hydrogens is 466 g/mol. The summed E-state index contributed by atoms with van der Waals surface area (Å²) < 4.78 is 29.6. The Morgan fingerprint density at radius 1 is 0.806 bits per heavy atom. The van der Waals surface area contributed by atoms with Gasteiger partial charge in [0.2, 0.25) is 0 Å². The summed E-state index contributed by atoms with van der Waals surface area (Å²) in [5, 5.41) is 17.8. The Labute approximate surface area is 205 Å². The lowest BCUT2D eigenvalue weighted by Gasteiger charge is -2.15. The van der Waals surface area contributed by atoms with Gasteiger partial charge < -0.3 is 5.11 Å². The Bertz CT molecular complexity index is 1570. The molecule has 9 heteroatoms. The molecule has 4 aromatic rings. The fourth-order valence-corrected chi connectivity index (χ4v) is 4.17. The summed E-state index contributed by atoms with van der Waals surface area (Å²) >= 11 is 0. The Morgan fingerprint density at radius 2 is 1.39 bits per heavy atom. The number of benzene rings is 2. The fourth-order valence-electron chi connectivity index (χ4n) is 4.17. The summed E-state index contributed by atoms with van der Waals surface area (Å²) in [5.41, 5.74) is 2.37. The molecule has 1 aliphatic rings. The van der Waals surface area contributed by atoms with E-state index in [1.54, 1.807) is 25.4 Å². The van der Waals surface area contributed by atoms with Crippen LogP contribution in [0.5, 0.6) is 5.88 Å². The van der Waals surface area contributed by atoms with Crippen LogP contribution in [0, 0.1) is 32.4 Å². The highest BCUT2D eigenvalue weighted by atomic mass is 19.1. The number of aryl methyl sites for hydroxylation is 3. The predicted octanol–water partition coefficient (Wildman–Crippen LogP) is 3.38. The number of amides is 2. The standard InChI is InChI=1S/C27H20F2N4O3/c1-15-12-13-31(14-16(15)2)24-23(25(34)32(27(24)36)20-8-4-18(28)5-9-20)22-17(3)30-33(26(22)35)21-10-6-19(29)7-11-21/h4-14H,1-3H3. The molecular formula is C27H20F2N4O3. The highest BCUT2D eigenvalue weighted by molar-refractivity contribution is 6.53. The molecule has 7 nitrogen and oxygen atoms in total. The van der Waals surface area contributed by atoms with Crippen molar-refractivity contribution in [2.75, 3.05) is 4.90 Å². The van der Waals surface area contributed by atoms with Gasteiger partial charge >= 0.3 is 5.91 Å². The molecule has 0 saturated heterocycles. The van der Waals surface area contributed by atoms with Crippen molar-refractivity contribution < 1.29 is 28.0 Å². The van der Waals surface area contributed by atoms with Crippen molar-refractivity contribution in [2.24, 2.45) is 0 Å². The molecule has 0 radical (unpaired) electrons. The van der Waals surface area contributed by atoms with Gasteiger partial charge in [-0.2, -0.15) is 9.67 Å². The topological polar surface area (TPSA) is 82.1 Å². The van der Waals surface area contributed by atoms with Crippen molar-refractivity contribution in [1.82, 2.24) is 9.78 Å². The molecule has 1 aliphatic heterocycles. The average Bonchev–Trinajstić information content (AvgIpc) is 3.28. The van der Waals surface area contributed by atoms with Gasteiger partial charge in [0.25, 0.3) is 11.6 Å². The third-order valence-electron chi connectivity index (χ3n) is 6.18. The molecule has 0 N–H and O–H groups in total. The van der Waals surface area contributed by atoms with Crippen LogP contribution in [-0.4, -0.2) is 21.6 Å². The van der Waals surface area contributed by atoms with Gasteiger partial charge in [-0.1, -0.05) is 0 Å². The van der Waals surface area contributed by atoms with Crippen LogP contribution in [-0.2, 0) is 9.59 Å². The molecule has 36 heavy (non-hydrogen) atoms. The Kier molecular flexibility index (Phi) is 5.47. The quantitative estimate of drug-likeness (QED) is 0.327. The summed E-state index contributed by atoms with van der Waals surface area (Å²) in [4.78, 5) is 28.3. The number of aromatic nitrogens is 3. The van der Waals surface area contributed by atoms with Crippen LogP contribution >= 0.6 is 0 Å². The molecule has 0 saturated carbocycles. The van der Waals surface area contributed by atoms with Crippen LogP contribution in [0.2, 0.25) is 0 Å². The maximum absolute atomic E-state index is 13.7. The van der Waals surface area contributed by atoms with Crippen molar-refractivity contribution in [3.05, 3.63) is 101 Å². The Morgan fingerprint density at radius 3 is 1.97 bits per heavy atom. The first-order chi connectivity index (χ1) is 17.2. The van der Waals surface area contributed by atoms with Gasteiger partial charge in [0.15, 0.2) is 12.4 Å². The average molecular weight is 486 g/mol. The second-order valence-electron chi connectivity index (χ2n) is 8.52. The van der Waals surface area contributed by atoms with E-state index in [1.807, 2.05) is 13.8 Å². The van der Waals surface area contributed by atoms with E-state index in [-0.39, 0.29) is 28.2 Å². The Hall–Kier alpha value is -4.66. The number of nitrogens with zero attached hydrogens (tertiary/aromatic N) is 4. The summed E-state index contributed by atoms with van der Waals surface area (Å²) in [7, 11) is 0. The van der Waals surface area contributed by atoms with Crippen LogP contribution in [0.4, 0.5) is 14.5 Å². The van der Waals surface area contributed by atoms with Gasteiger partial charge in [-0.15, -0.1) is 0 Å². The van der Waals surface area contributed by atoms with Crippen LogP contribution in [0.25, 0.3) is 17.0 Å². The smallest absolute Gasteiger partial charge is 0.331 e. The van der Waals surface area contributed by atoms with Crippen molar-refractivity contribution in [1.29, 1.82) is 0 Å². The predicted molar refractivity (Wildman–Crippen MR) is 126 cm³/mol. The van der Waals surface area contributed by atoms with E-state index in [9.17, 15) is 23.5 Å². The summed E-state index contributed by atoms with van der Waals surface area (Å²) in [5.74, 6) is -3.02. The molecule has 0 fully saturated rings. The fraction of sp³-hybridized carbons (Fsp3) is 0.111. The molecule has 0 bridgehead atoms. The number of imide groups is 1. The van der Waals surface area contributed by atoms with Crippen molar-refractivity contribution in [2.45, 2.75) is 20.8 Å². The maximum atomic E-state index is 13.7. The number of carbonyl (C=O) groups excluding carboxylic acids is 2. The van der Waals surface area contributed by atoms with Crippen LogP contribution < -0.4 is 14.6 Å². The zero-order chi connectivity index (χ0) is 25.7. The molecule has 2 aromatic carbocycles. The van der Waals surface area contributed by atoms with Gasteiger partial charge in [0.05, 0.1) is 17.1 Å². The van der Waals surface area contributed by atoms with Crippen LogP contribution in [0.3, 0.4) is 0 Å².